The Morgan fingerprint density at radius 3 is 2.94 bits per heavy atom. The Bertz CT molecular complexity index is 365. The van der Waals surface area contributed by atoms with Crippen LogP contribution >= 0.6 is 11.8 Å². The third-order valence-corrected chi connectivity index (χ3v) is 4.58. The molecule has 1 atom stereocenters. The molecule has 0 amide bonds. The maximum absolute atomic E-state index is 5.59. The predicted octanol–water partition coefficient (Wildman–Crippen LogP) is 0.850. The molecule has 1 fully saturated rings. The Balaban J connectivity index is 1.91. The van der Waals surface area contributed by atoms with Crippen molar-refractivity contribution < 1.29 is 0 Å². The van der Waals surface area contributed by atoms with Crippen molar-refractivity contribution in [1.82, 2.24) is 19.7 Å². The molecule has 6 heteroatoms. The third-order valence-electron chi connectivity index (χ3n) is 3.42. The maximum atomic E-state index is 5.59. The first-order valence-corrected chi connectivity index (χ1v) is 7.20. The fraction of sp³-hybridized carbons (Fsp3) is 0.818. The van der Waals surface area contributed by atoms with Gasteiger partial charge in [-0.2, -0.15) is 0 Å². The Morgan fingerprint density at radius 2 is 2.29 bits per heavy atom. The fourth-order valence-electron chi connectivity index (χ4n) is 2.32. The van der Waals surface area contributed by atoms with E-state index in [2.05, 4.69) is 22.0 Å². The van der Waals surface area contributed by atoms with Crippen LogP contribution in [0, 0.1) is 0 Å². The molecule has 2 N–H and O–H groups in total. The summed E-state index contributed by atoms with van der Waals surface area (Å²) in [7, 11) is 1.98. The van der Waals surface area contributed by atoms with Gasteiger partial charge in [-0.1, -0.05) is 18.7 Å². The van der Waals surface area contributed by atoms with Gasteiger partial charge >= 0.3 is 0 Å². The second-order valence-corrected chi connectivity index (χ2v) is 5.38. The van der Waals surface area contributed by atoms with Crippen molar-refractivity contribution in [3.63, 3.8) is 0 Å². The number of thioether (sulfide) groups is 1. The van der Waals surface area contributed by atoms with E-state index in [-0.39, 0.29) is 0 Å². The highest BCUT2D eigenvalue weighted by Crippen LogP contribution is 2.24. The van der Waals surface area contributed by atoms with Gasteiger partial charge in [-0.15, -0.1) is 10.2 Å². The van der Waals surface area contributed by atoms with Crippen LogP contribution in [0.2, 0.25) is 0 Å². The molecule has 2 rings (SSSR count). The maximum Gasteiger partial charge on any atom is 0.191 e. The molecular weight excluding hydrogens is 234 g/mol. The first-order chi connectivity index (χ1) is 8.26. The van der Waals surface area contributed by atoms with Gasteiger partial charge in [-0.3, -0.25) is 4.90 Å². The zero-order valence-corrected chi connectivity index (χ0v) is 11.4. The van der Waals surface area contributed by atoms with Crippen molar-refractivity contribution in [2.45, 2.75) is 37.5 Å². The van der Waals surface area contributed by atoms with E-state index < -0.39 is 0 Å². The number of rotatable bonds is 5. The molecule has 0 bridgehead atoms. The highest BCUT2D eigenvalue weighted by molar-refractivity contribution is 7.99. The molecule has 1 aliphatic heterocycles. The predicted molar refractivity (Wildman–Crippen MR) is 69.9 cm³/mol. The van der Waals surface area contributed by atoms with E-state index in [9.17, 15) is 0 Å². The van der Waals surface area contributed by atoms with E-state index in [4.69, 9.17) is 5.73 Å². The van der Waals surface area contributed by atoms with Gasteiger partial charge < -0.3 is 10.3 Å². The first kappa shape index (κ1) is 12.9. The Labute approximate surface area is 107 Å². The second-order valence-electron chi connectivity index (χ2n) is 4.40. The molecule has 1 saturated heterocycles. The summed E-state index contributed by atoms with van der Waals surface area (Å²) in [4.78, 5) is 2.55. The summed E-state index contributed by atoms with van der Waals surface area (Å²) in [5, 5.41) is 9.23. The molecule has 0 aromatic carbocycles. The monoisotopic (exact) mass is 255 g/mol. The summed E-state index contributed by atoms with van der Waals surface area (Å²) in [6, 6.07) is 0.697. The van der Waals surface area contributed by atoms with Crippen molar-refractivity contribution in [3.8, 4) is 0 Å². The normalized spacial score (nSPS) is 21.2. The topological polar surface area (TPSA) is 60.0 Å². The number of hydrogen-bond donors (Lipinski definition) is 1. The quantitative estimate of drug-likeness (QED) is 0.790. The first-order valence-electron chi connectivity index (χ1n) is 6.21. The van der Waals surface area contributed by atoms with Gasteiger partial charge in [-0.25, -0.2) is 0 Å². The summed E-state index contributed by atoms with van der Waals surface area (Å²) in [6.45, 7) is 5.08. The largest absolute Gasteiger partial charge is 0.324 e. The standard InChI is InChI=1S/C11H21N5S/c1-3-16-6-4-5-9(16)8-17-11-14-13-10(7-12)15(11)2/h9H,3-8,12H2,1-2H3. The third kappa shape index (κ3) is 2.81. The summed E-state index contributed by atoms with van der Waals surface area (Å²) in [5.74, 6) is 1.95. The molecule has 96 valence electrons. The van der Waals surface area contributed by atoms with Crippen LogP contribution in [0.3, 0.4) is 0 Å². The number of nitrogens with zero attached hydrogens (tertiary/aromatic N) is 4. The minimum Gasteiger partial charge on any atom is -0.324 e. The highest BCUT2D eigenvalue weighted by Gasteiger charge is 2.23. The summed E-state index contributed by atoms with van der Waals surface area (Å²) in [5.41, 5.74) is 5.59. The van der Waals surface area contributed by atoms with Gasteiger partial charge in [0.05, 0.1) is 6.54 Å². The Kier molecular flexibility index (Phi) is 4.42. The lowest BCUT2D eigenvalue weighted by Gasteiger charge is -2.21. The minimum absolute atomic E-state index is 0.453. The summed E-state index contributed by atoms with van der Waals surface area (Å²) in [6.07, 6.45) is 2.63. The second kappa shape index (κ2) is 5.84. The van der Waals surface area contributed by atoms with E-state index in [0.717, 1.165) is 23.3 Å². The van der Waals surface area contributed by atoms with Crippen LogP contribution in [0.25, 0.3) is 0 Å². The van der Waals surface area contributed by atoms with Crippen molar-refractivity contribution in [2.24, 2.45) is 12.8 Å². The van der Waals surface area contributed by atoms with Crippen molar-refractivity contribution >= 4 is 11.8 Å². The van der Waals surface area contributed by atoms with Crippen molar-refractivity contribution in [1.29, 1.82) is 0 Å². The Morgan fingerprint density at radius 1 is 1.47 bits per heavy atom. The molecule has 0 saturated carbocycles. The van der Waals surface area contributed by atoms with Crippen molar-refractivity contribution in [3.05, 3.63) is 5.82 Å². The van der Waals surface area contributed by atoms with E-state index in [1.54, 1.807) is 11.8 Å². The zero-order chi connectivity index (χ0) is 12.3. The lowest BCUT2D eigenvalue weighted by molar-refractivity contribution is 0.287. The van der Waals surface area contributed by atoms with Crippen LogP contribution in [-0.2, 0) is 13.6 Å². The molecule has 1 aromatic rings. The van der Waals surface area contributed by atoms with E-state index in [0.29, 0.717) is 12.6 Å². The van der Waals surface area contributed by atoms with Gasteiger partial charge in [0.15, 0.2) is 5.16 Å². The summed E-state index contributed by atoms with van der Waals surface area (Å²) < 4.78 is 2.00. The number of nitrogens with two attached hydrogens (primary N) is 1. The molecule has 0 radical (unpaired) electrons. The molecule has 5 nitrogen and oxygen atoms in total. The smallest absolute Gasteiger partial charge is 0.191 e. The molecule has 17 heavy (non-hydrogen) atoms. The average molecular weight is 255 g/mol. The zero-order valence-electron chi connectivity index (χ0n) is 10.6. The molecule has 1 aliphatic rings. The van der Waals surface area contributed by atoms with E-state index >= 15 is 0 Å². The van der Waals surface area contributed by atoms with Gasteiger partial charge in [0.25, 0.3) is 0 Å². The molecular formula is C11H21N5S. The van der Waals surface area contributed by atoms with Gasteiger partial charge in [-0.05, 0) is 25.9 Å². The number of likely N-dealkylation sites (tertiary alicyclic amines) is 1. The molecule has 0 aliphatic carbocycles. The molecule has 1 unspecified atom stereocenters. The number of hydrogen-bond acceptors (Lipinski definition) is 5. The Hall–Kier alpha value is -0.590. The molecule has 2 heterocycles. The molecule has 1 aromatic heterocycles. The lowest BCUT2D eigenvalue weighted by atomic mass is 10.2. The average Bonchev–Trinajstić information content (AvgIpc) is 2.93. The van der Waals surface area contributed by atoms with Crippen LogP contribution < -0.4 is 5.73 Å². The van der Waals surface area contributed by atoms with Crippen molar-refractivity contribution in [2.75, 3.05) is 18.8 Å². The van der Waals surface area contributed by atoms with Crippen LogP contribution in [0.1, 0.15) is 25.6 Å². The molecule has 0 spiro atoms. The van der Waals surface area contributed by atoms with Crippen LogP contribution in [0.15, 0.2) is 5.16 Å². The van der Waals surface area contributed by atoms with Gasteiger partial charge in [0.1, 0.15) is 5.82 Å². The van der Waals surface area contributed by atoms with Gasteiger partial charge in [0, 0.05) is 18.8 Å². The highest BCUT2D eigenvalue weighted by atomic mass is 32.2. The van der Waals surface area contributed by atoms with E-state index in [1.165, 1.54) is 19.4 Å². The lowest BCUT2D eigenvalue weighted by Crippen LogP contribution is -2.30. The minimum atomic E-state index is 0.453. The van der Waals surface area contributed by atoms with E-state index in [1.807, 2.05) is 11.6 Å². The van der Waals surface area contributed by atoms with Crippen LogP contribution in [0.5, 0.6) is 0 Å². The van der Waals surface area contributed by atoms with Crippen LogP contribution in [-0.4, -0.2) is 44.5 Å². The number of aromatic nitrogens is 3. The van der Waals surface area contributed by atoms with Gasteiger partial charge in [0.2, 0.25) is 0 Å². The summed E-state index contributed by atoms with van der Waals surface area (Å²) >= 11 is 1.79. The SMILES string of the molecule is CCN1CCCC1CSc1nnc(CN)n1C. The van der Waals surface area contributed by atoms with Crippen LogP contribution in [0.4, 0.5) is 0 Å². The fourth-order valence-corrected chi connectivity index (χ4v) is 3.44.